The van der Waals surface area contributed by atoms with E-state index in [9.17, 15) is 14.4 Å². The van der Waals surface area contributed by atoms with Crippen molar-refractivity contribution in [1.29, 1.82) is 0 Å². The third-order valence-corrected chi connectivity index (χ3v) is 8.78. The van der Waals surface area contributed by atoms with Gasteiger partial charge >= 0.3 is 5.97 Å². The molecule has 2 aromatic carbocycles. The van der Waals surface area contributed by atoms with Crippen LogP contribution in [-0.4, -0.2) is 42.4 Å². The third kappa shape index (κ3) is 6.23. The topological polar surface area (TPSA) is 75.7 Å². The maximum atomic E-state index is 13.2. The van der Waals surface area contributed by atoms with Crippen LogP contribution in [0, 0.1) is 17.8 Å². The lowest BCUT2D eigenvalue weighted by Gasteiger charge is -2.36. The Balaban J connectivity index is 1.08. The number of hydrogen-bond donors (Lipinski definition) is 1. The minimum absolute atomic E-state index is 0.00875. The number of anilines is 1. The summed E-state index contributed by atoms with van der Waals surface area (Å²) in [5.41, 5.74) is 3.24. The van der Waals surface area contributed by atoms with Crippen LogP contribution in [0.25, 0.3) is 0 Å². The number of rotatable bonds is 7. The van der Waals surface area contributed by atoms with Gasteiger partial charge in [0.2, 0.25) is 11.8 Å². The summed E-state index contributed by atoms with van der Waals surface area (Å²) < 4.78 is 5.20. The zero-order valence-corrected chi connectivity index (χ0v) is 22.8. The molecule has 1 aliphatic heterocycles. The highest BCUT2D eigenvalue weighted by atomic mass is 35.5. The molecule has 0 spiro atoms. The standard InChI is InChI=1S/C31H37ClN2O4/c1-2-38-31(37)24-5-3-4-23(18-24)30(36)34-16-14-21(15-17-34)20-8-12-26(13-9-20)33-29(35)28-19-27(28)22-6-10-25(32)11-7-22/h6-13,21,23-24,27-28H,2-5,14-19H2,1H3,(H,33,35)/t23-,24-,27?,28?/m0/s1. The van der Waals surface area contributed by atoms with E-state index in [1.807, 2.05) is 48.2 Å². The summed E-state index contributed by atoms with van der Waals surface area (Å²) >= 11 is 5.98. The number of nitrogens with zero attached hydrogens (tertiary/aromatic N) is 1. The largest absolute Gasteiger partial charge is 0.466 e. The number of hydrogen-bond acceptors (Lipinski definition) is 4. The number of benzene rings is 2. The maximum Gasteiger partial charge on any atom is 0.308 e. The van der Waals surface area contributed by atoms with Crippen molar-refractivity contribution in [3.63, 3.8) is 0 Å². The van der Waals surface area contributed by atoms with E-state index in [1.54, 1.807) is 0 Å². The lowest BCUT2D eigenvalue weighted by atomic mass is 9.80. The van der Waals surface area contributed by atoms with Gasteiger partial charge in [0.15, 0.2) is 0 Å². The summed E-state index contributed by atoms with van der Waals surface area (Å²) in [4.78, 5) is 40.1. The Bertz CT molecular complexity index is 1140. The van der Waals surface area contributed by atoms with Crippen molar-refractivity contribution < 1.29 is 19.1 Å². The Morgan fingerprint density at radius 3 is 2.24 bits per heavy atom. The highest BCUT2D eigenvalue weighted by Crippen LogP contribution is 2.48. The first-order valence-corrected chi connectivity index (χ1v) is 14.4. The summed E-state index contributed by atoms with van der Waals surface area (Å²) in [6.45, 7) is 3.70. The zero-order chi connectivity index (χ0) is 26.6. The van der Waals surface area contributed by atoms with Crippen LogP contribution in [0.4, 0.5) is 5.69 Å². The summed E-state index contributed by atoms with van der Waals surface area (Å²) in [7, 11) is 0. The summed E-state index contributed by atoms with van der Waals surface area (Å²) in [6, 6.07) is 15.9. The summed E-state index contributed by atoms with van der Waals surface area (Å²) in [6.07, 6.45) is 5.93. The third-order valence-electron chi connectivity index (χ3n) is 8.53. The van der Waals surface area contributed by atoms with E-state index in [1.165, 1.54) is 5.56 Å². The van der Waals surface area contributed by atoms with E-state index >= 15 is 0 Å². The van der Waals surface area contributed by atoms with Crippen LogP contribution in [0.15, 0.2) is 48.5 Å². The number of halogens is 1. The Hall–Kier alpha value is -2.86. The first-order valence-electron chi connectivity index (χ1n) is 14.0. The van der Waals surface area contributed by atoms with Gasteiger partial charge in [0.05, 0.1) is 12.5 Å². The van der Waals surface area contributed by atoms with Crippen molar-refractivity contribution in [3.05, 3.63) is 64.7 Å². The Morgan fingerprint density at radius 2 is 1.55 bits per heavy atom. The first-order chi connectivity index (χ1) is 18.4. The van der Waals surface area contributed by atoms with Crippen LogP contribution in [0.1, 0.15) is 74.8 Å². The van der Waals surface area contributed by atoms with Gasteiger partial charge in [0, 0.05) is 35.6 Å². The molecule has 4 atom stereocenters. The second-order valence-electron chi connectivity index (χ2n) is 11.0. The van der Waals surface area contributed by atoms with Gasteiger partial charge in [0.1, 0.15) is 0 Å². The Kier molecular flexibility index (Phi) is 8.37. The number of ether oxygens (including phenoxy) is 1. The number of carbonyl (C=O) groups excluding carboxylic acids is 3. The molecular weight excluding hydrogens is 500 g/mol. The molecule has 0 radical (unpaired) electrons. The van der Waals surface area contributed by atoms with Crippen molar-refractivity contribution in [1.82, 2.24) is 4.90 Å². The van der Waals surface area contributed by atoms with Crippen molar-refractivity contribution in [3.8, 4) is 0 Å². The highest BCUT2D eigenvalue weighted by Gasteiger charge is 2.44. The molecule has 3 fully saturated rings. The molecule has 2 aliphatic carbocycles. The van der Waals surface area contributed by atoms with E-state index in [0.717, 1.165) is 62.9 Å². The number of nitrogens with one attached hydrogen (secondary N) is 1. The van der Waals surface area contributed by atoms with Crippen molar-refractivity contribution in [2.24, 2.45) is 17.8 Å². The number of carbonyl (C=O) groups is 3. The Morgan fingerprint density at radius 1 is 0.895 bits per heavy atom. The van der Waals surface area contributed by atoms with Crippen LogP contribution in [0.5, 0.6) is 0 Å². The average Bonchev–Trinajstić information content (AvgIpc) is 3.75. The number of esters is 1. The summed E-state index contributed by atoms with van der Waals surface area (Å²) in [5.74, 6) is 0.589. The lowest BCUT2D eigenvalue weighted by molar-refractivity contribution is -0.151. The van der Waals surface area contributed by atoms with Gasteiger partial charge in [-0.2, -0.15) is 0 Å². The van der Waals surface area contributed by atoms with Crippen LogP contribution in [0.2, 0.25) is 5.02 Å². The van der Waals surface area contributed by atoms with Crippen LogP contribution < -0.4 is 5.32 Å². The van der Waals surface area contributed by atoms with E-state index in [0.29, 0.717) is 24.0 Å². The van der Waals surface area contributed by atoms with Crippen LogP contribution >= 0.6 is 11.6 Å². The average molecular weight is 537 g/mol. The normalized spacial score (nSPS) is 25.5. The van der Waals surface area contributed by atoms with Crippen molar-refractivity contribution in [2.45, 2.75) is 63.7 Å². The number of amides is 2. The molecule has 3 aliphatic rings. The molecule has 2 amide bonds. The van der Waals surface area contributed by atoms with Crippen LogP contribution in [-0.2, 0) is 19.1 Å². The quantitative estimate of drug-likeness (QED) is 0.430. The molecule has 5 rings (SSSR count). The minimum Gasteiger partial charge on any atom is -0.466 e. The molecule has 6 nitrogen and oxygen atoms in total. The number of likely N-dealkylation sites (tertiary alicyclic amines) is 1. The van der Waals surface area contributed by atoms with Crippen LogP contribution in [0.3, 0.4) is 0 Å². The number of piperidine rings is 1. The fraction of sp³-hybridized carbons (Fsp3) is 0.516. The van der Waals surface area contributed by atoms with E-state index in [4.69, 9.17) is 16.3 Å². The highest BCUT2D eigenvalue weighted by molar-refractivity contribution is 6.30. The van der Waals surface area contributed by atoms with Gasteiger partial charge in [0.25, 0.3) is 0 Å². The molecule has 2 saturated carbocycles. The predicted octanol–water partition coefficient (Wildman–Crippen LogP) is 6.16. The monoisotopic (exact) mass is 536 g/mol. The molecule has 0 aromatic heterocycles. The second kappa shape index (κ2) is 11.9. The van der Waals surface area contributed by atoms with Gasteiger partial charge in [-0.05, 0) is 92.7 Å². The molecule has 0 bridgehead atoms. The molecule has 2 aromatic rings. The van der Waals surface area contributed by atoms with Crippen molar-refractivity contribution in [2.75, 3.05) is 25.0 Å². The lowest BCUT2D eigenvalue weighted by Crippen LogP contribution is -2.43. The van der Waals surface area contributed by atoms with Gasteiger partial charge < -0.3 is 15.0 Å². The predicted molar refractivity (Wildman–Crippen MR) is 148 cm³/mol. The molecule has 2 unspecified atom stereocenters. The van der Waals surface area contributed by atoms with Gasteiger partial charge in [-0.3, -0.25) is 14.4 Å². The minimum atomic E-state index is -0.151. The summed E-state index contributed by atoms with van der Waals surface area (Å²) in [5, 5.41) is 3.78. The Labute approximate surface area is 230 Å². The molecule has 1 N–H and O–H groups in total. The van der Waals surface area contributed by atoms with Gasteiger partial charge in [-0.1, -0.05) is 42.3 Å². The van der Waals surface area contributed by atoms with E-state index in [2.05, 4.69) is 17.4 Å². The molecular formula is C31H37ClN2O4. The van der Waals surface area contributed by atoms with E-state index in [-0.39, 0.29) is 41.5 Å². The fourth-order valence-electron chi connectivity index (χ4n) is 6.22. The van der Waals surface area contributed by atoms with E-state index < -0.39 is 0 Å². The first kappa shape index (κ1) is 26.7. The molecule has 1 saturated heterocycles. The molecule has 1 heterocycles. The fourth-order valence-corrected chi connectivity index (χ4v) is 6.34. The zero-order valence-electron chi connectivity index (χ0n) is 22.0. The smallest absolute Gasteiger partial charge is 0.308 e. The SMILES string of the molecule is CCOC(=O)[C@H]1CCC[C@H](C(=O)N2CCC(c3ccc(NC(=O)C4CC4c4ccc(Cl)cc4)cc3)CC2)C1. The van der Waals surface area contributed by atoms with Gasteiger partial charge in [-0.15, -0.1) is 0 Å². The molecule has 7 heteroatoms. The van der Waals surface area contributed by atoms with Gasteiger partial charge in [-0.25, -0.2) is 0 Å². The second-order valence-corrected chi connectivity index (χ2v) is 11.5. The molecule has 202 valence electrons. The maximum absolute atomic E-state index is 13.2. The molecule has 38 heavy (non-hydrogen) atoms. The van der Waals surface area contributed by atoms with Crippen molar-refractivity contribution >= 4 is 35.1 Å².